The second-order valence-electron chi connectivity index (χ2n) is 4.70. The molecule has 0 aliphatic carbocycles. The summed E-state index contributed by atoms with van der Waals surface area (Å²) in [5, 5.41) is 3.50. The zero-order valence-electron chi connectivity index (χ0n) is 10.9. The largest absolute Gasteiger partial charge is 0.309 e. The Morgan fingerprint density at radius 2 is 2.21 bits per heavy atom. The van der Waals surface area contributed by atoms with E-state index in [1.807, 2.05) is 18.7 Å². The van der Waals surface area contributed by atoms with E-state index in [9.17, 15) is 8.78 Å². The minimum atomic E-state index is -0.475. The van der Waals surface area contributed by atoms with Gasteiger partial charge in [-0.15, -0.1) is 0 Å². The molecule has 106 valence electrons. The van der Waals surface area contributed by atoms with Gasteiger partial charge in [-0.1, -0.05) is 13.3 Å². The Labute approximate surface area is 125 Å². The van der Waals surface area contributed by atoms with Crippen LogP contribution in [0.2, 0.25) is 0 Å². The first kappa shape index (κ1) is 15.3. The monoisotopic (exact) mass is 349 g/mol. The van der Waals surface area contributed by atoms with Crippen molar-refractivity contribution in [2.24, 2.45) is 0 Å². The zero-order chi connectivity index (χ0) is 13.8. The van der Waals surface area contributed by atoms with Crippen LogP contribution in [0.25, 0.3) is 0 Å². The molecular formula is C14H18BrF2NS. The van der Waals surface area contributed by atoms with Crippen LogP contribution in [0.4, 0.5) is 8.78 Å². The van der Waals surface area contributed by atoms with Gasteiger partial charge in [0.05, 0.1) is 4.47 Å². The van der Waals surface area contributed by atoms with E-state index in [0.29, 0.717) is 11.0 Å². The van der Waals surface area contributed by atoms with Crippen molar-refractivity contribution in [1.82, 2.24) is 5.32 Å². The Hall–Kier alpha value is -0.130. The van der Waals surface area contributed by atoms with E-state index in [1.54, 1.807) is 0 Å². The van der Waals surface area contributed by atoms with Gasteiger partial charge in [-0.3, -0.25) is 0 Å². The van der Waals surface area contributed by atoms with Gasteiger partial charge in [0.15, 0.2) is 0 Å². The molecule has 0 radical (unpaired) electrons. The lowest BCUT2D eigenvalue weighted by Crippen LogP contribution is -2.33. The first-order chi connectivity index (χ1) is 9.15. The summed E-state index contributed by atoms with van der Waals surface area (Å²) in [6.45, 7) is 2.67. The number of rotatable bonds is 4. The molecule has 1 aliphatic heterocycles. The van der Waals surface area contributed by atoms with Gasteiger partial charge in [-0.25, -0.2) is 8.78 Å². The Morgan fingerprint density at radius 3 is 2.84 bits per heavy atom. The summed E-state index contributed by atoms with van der Waals surface area (Å²) >= 11 is 4.97. The minimum absolute atomic E-state index is 0.177. The Morgan fingerprint density at radius 1 is 1.42 bits per heavy atom. The van der Waals surface area contributed by atoms with Crippen LogP contribution in [0.3, 0.4) is 0 Å². The Bertz CT molecular complexity index is 436. The number of benzene rings is 1. The molecule has 1 heterocycles. The zero-order valence-corrected chi connectivity index (χ0v) is 13.3. The highest BCUT2D eigenvalue weighted by molar-refractivity contribution is 9.10. The van der Waals surface area contributed by atoms with Crippen molar-refractivity contribution in [2.45, 2.75) is 37.5 Å². The van der Waals surface area contributed by atoms with Crippen LogP contribution in [0, 0.1) is 11.6 Å². The molecule has 0 bridgehead atoms. The van der Waals surface area contributed by atoms with E-state index >= 15 is 0 Å². The number of thioether (sulfide) groups is 1. The summed E-state index contributed by atoms with van der Waals surface area (Å²) in [6, 6.07) is 2.50. The molecule has 0 aromatic heterocycles. The van der Waals surface area contributed by atoms with Crippen molar-refractivity contribution in [3.8, 4) is 0 Å². The van der Waals surface area contributed by atoms with Crippen LogP contribution < -0.4 is 5.32 Å². The van der Waals surface area contributed by atoms with E-state index in [4.69, 9.17) is 0 Å². The number of halogens is 3. The van der Waals surface area contributed by atoms with Crippen LogP contribution in [0.5, 0.6) is 0 Å². The normalized spacial score (nSPS) is 21.4. The van der Waals surface area contributed by atoms with Crippen molar-refractivity contribution in [3.05, 3.63) is 33.8 Å². The lowest BCUT2D eigenvalue weighted by molar-refractivity contribution is 0.442. The summed E-state index contributed by atoms with van der Waals surface area (Å²) < 4.78 is 28.6. The van der Waals surface area contributed by atoms with Gasteiger partial charge in [0, 0.05) is 16.9 Å². The average Bonchev–Trinajstić information content (AvgIpc) is 2.43. The predicted molar refractivity (Wildman–Crippen MR) is 80.6 cm³/mol. The molecule has 0 saturated carbocycles. The van der Waals surface area contributed by atoms with Crippen LogP contribution >= 0.6 is 27.7 Å². The van der Waals surface area contributed by atoms with Crippen molar-refractivity contribution in [3.63, 3.8) is 0 Å². The first-order valence-corrected chi connectivity index (χ1v) is 8.47. The van der Waals surface area contributed by atoms with Crippen LogP contribution in [-0.2, 0) is 0 Å². The van der Waals surface area contributed by atoms with Gasteiger partial charge in [0.2, 0.25) is 0 Å². The van der Waals surface area contributed by atoms with Crippen LogP contribution in [0.1, 0.15) is 37.8 Å². The third-order valence-corrected chi connectivity index (χ3v) is 5.47. The molecule has 2 atom stereocenters. The minimum Gasteiger partial charge on any atom is -0.309 e. The summed E-state index contributed by atoms with van der Waals surface area (Å²) in [7, 11) is 0. The van der Waals surface area contributed by atoms with Gasteiger partial charge in [0.1, 0.15) is 11.6 Å². The molecule has 1 fully saturated rings. The Kier molecular flexibility index (Phi) is 5.66. The van der Waals surface area contributed by atoms with Gasteiger partial charge in [-0.05, 0) is 53.2 Å². The van der Waals surface area contributed by atoms with E-state index in [0.717, 1.165) is 18.6 Å². The molecule has 1 N–H and O–H groups in total. The quantitative estimate of drug-likeness (QED) is 0.793. The molecule has 2 unspecified atom stereocenters. The fourth-order valence-corrected chi connectivity index (χ4v) is 4.27. The molecule has 0 amide bonds. The van der Waals surface area contributed by atoms with Crippen molar-refractivity contribution in [2.75, 3.05) is 12.3 Å². The second kappa shape index (κ2) is 7.04. The molecule has 19 heavy (non-hydrogen) atoms. The maximum Gasteiger partial charge on any atom is 0.145 e. The van der Waals surface area contributed by atoms with Gasteiger partial charge in [-0.2, -0.15) is 11.8 Å². The predicted octanol–water partition coefficient (Wildman–Crippen LogP) is 4.66. The maximum absolute atomic E-state index is 14.3. The van der Waals surface area contributed by atoms with Gasteiger partial charge < -0.3 is 5.32 Å². The molecule has 1 saturated heterocycles. The lowest BCUT2D eigenvalue weighted by Gasteiger charge is -2.31. The Balaban J connectivity index is 2.35. The van der Waals surface area contributed by atoms with E-state index in [2.05, 4.69) is 21.2 Å². The molecule has 2 rings (SSSR count). The third-order valence-electron chi connectivity index (χ3n) is 3.40. The fourth-order valence-electron chi connectivity index (χ4n) is 2.50. The maximum atomic E-state index is 14.3. The fraction of sp³-hybridized carbons (Fsp3) is 0.571. The smallest absolute Gasteiger partial charge is 0.145 e. The molecule has 1 aromatic rings. The van der Waals surface area contributed by atoms with Crippen LogP contribution in [0.15, 0.2) is 16.6 Å². The van der Waals surface area contributed by atoms with E-state index < -0.39 is 11.6 Å². The first-order valence-electron chi connectivity index (χ1n) is 6.63. The highest BCUT2D eigenvalue weighted by Crippen LogP contribution is 2.37. The van der Waals surface area contributed by atoms with Crippen molar-refractivity contribution < 1.29 is 8.78 Å². The standard InChI is InChI=1S/C14H18BrF2NS/c1-2-18-14(11-5-3-4-8-19-11)12-10(16)7-6-9(15)13(12)17/h6-7,11,14,18H,2-5,8H2,1H3. The molecule has 1 nitrogen and oxygen atoms in total. The molecule has 1 aliphatic rings. The number of hydrogen-bond donors (Lipinski definition) is 1. The molecule has 1 aromatic carbocycles. The van der Waals surface area contributed by atoms with Gasteiger partial charge in [0.25, 0.3) is 0 Å². The molecule has 0 spiro atoms. The summed E-state index contributed by atoms with van der Waals surface area (Å²) in [5.41, 5.74) is 0.177. The van der Waals surface area contributed by atoms with E-state index in [-0.39, 0.29) is 16.9 Å². The van der Waals surface area contributed by atoms with Crippen LogP contribution in [-0.4, -0.2) is 17.5 Å². The summed E-state index contributed by atoms with van der Waals surface area (Å²) in [5.74, 6) is 0.138. The third kappa shape index (κ3) is 3.50. The van der Waals surface area contributed by atoms with Crippen molar-refractivity contribution >= 4 is 27.7 Å². The van der Waals surface area contributed by atoms with E-state index in [1.165, 1.54) is 18.6 Å². The molecule has 5 heteroatoms. The summed E-state index contributed by atoms with van der Waals surface area (Å²) in [6.07, 6.45) is 3.34. The average molecular weight is 350 g/mol. The summed E-state index contributed by atoms with van der Waals surface area (Å²) in [4.78, 5) is 0. The highest BCUT2D eigenvalue weighted by atomic mass is 79.9. The van der Waals surface area contributed by atoms with Gasteiger partial charge >= 0.3 is 0 Å². The lowest BCUT2D eigenvalue weighted by atomic mass is 9.98. The SMILES string of the molecule is CCNC(c1c(F)ccc(Br)c1F)C1CCCCS1. The topological polar surface area (TPSA) is 12.0 Å². The van der Waals surface area contributed by atoms with Crippen molar-refractivity contribution in [1.29, 1.82) is 0 Å². The molecular weight excluding hydrogens is 332 g/mol. The second-order valence-corrected chi connectivity index (χ2v) is 6.90. The number of hydrogen-bond acceptors (Lipinski definition) is 2. The highest BCUT2D eigenvalue weighted by Gasteiger charge is 2.30. The number of nitrogens with one attached hydrogen (secondary N) is 1.